The maximum absolute atomic E-state index is 11.7. The first-order valence-electron chi connectivity index (χ1n) is 5.49. The fourth-order valence-corrected chi connectivity index (χ4v) is 1.61. The van der Waals surface area contributed by atoms with Crippen molar-refractivity contribution >= 4 is 28.5 Å². The largest absolute Gasteiger partial charge is 0.507 e. The van der Waals surface area contributed by atoms with Gasteiger partial charge in [0, 0.05) is 25.3 Å². The predicted octanol–water partition coefficient (Wildman–Crippen LogP) is 2.15. The van der Waals surface area contributed by atoms with E-state index in [1.165, 1.54) is 6.07 Å². The van der Waals surface area contributed by atoms with Gasteiger partial charge in [0.2, 0.25) is 0 Å². The number of carbonyl (C=O) groups excluding carboxylic acids is 1. The van der Waals surface area contributed by atoms with Crippen LogP contribution >= 0.6 is 22.6 Å². The molecule has 1 amide bonds. The molecule has 0 spiro atoms. The number of nitrogens with one attached hydrogen (secondary N) is 1. The van der Waals surface area contributed by atoms with E-state index in [9.17, 15) is 9.90 Å². The number of rotatable bonds is 6. The number of ether oxygens (including phenoxy) is 1. The highest BCUT2D eigenvalue weighted by molar-refractivity contribution is 14.1. The second kappa shape index (κ2) is 7.50. The quantitative estimate of drug-likeness (QED) is 0.611. The van der Waals surface area contributed by atoms with Crippen molar-refractivity contribution in [2.24, 2.45) is 0 Å². The molecule has 0 radical (unpaired) electrons. The summed E-state index contributed by atoms with van der Waals surface area (Å²) in [4.78, 5) is 11.7. The number of phenols is 1. The highest BCUT2D eigenvalue weighted by Crippen LogP contribution is 2.20. The lowest BCUT2D eigenvalue weighted by Crippen LogP contribution is -2.25. The van der Waals surface area contributed by atoms with Crippen molar-refractivity contribution in [1.82, 2.24) is 5.32 Å². The molecule has 5 heteroatoms. The van der Waals surface area contributed by atoms with Crippen molar-refractivity contribution < 1.29 is 14.6 Å². The van der Waals surface area contributed by atoms with Gasteiger partial charge in [0.25, 0.3) is 5.91 Å². The van der Waals surface area contributed by atoms with E-state index in [2.05, 4.69) is 5.32 Å². The van der Waals surface area contributed by atoms with Gasteiger partial charge in [-0.15, -0.1) is 0 Å². The van der Waals surface area contributed by atoms with Gasteiger partial charge in [-0.2, -0.15) is 0 Å². The fraction of sp³-hybridized carbons (Fsp3) is 0.417. The van der Waals surface area contributed by atoms with Crippen LogP contribution in [0, 0.1) is 3.57 Å². The standard InChI is InChI=1S/C12H16INO3/c1-2-17-7-3-6-14-12(16)9-4-5-10(13)11(15)8-9/h4-5,8,15H,2-3,6-7H2,1H3,(H,14,16). The molecule has 2 N–H and O–H groups in total. The molecule has 1 aromatic rings. The summed E-state index contributed by atoms with van der Waals surface area (Å²) in [5.74, 6) is -0.0410. The Kier molecular flexibility index (Phi) is 6.28. The van der Waals surface area contributed by atoms with E-state index in [-0.39, 0.29) is 11.7 Å². The minimum atomic E-state index is -0.173. The van der Waals surface area contributed by atoms with Crippen LogP contribution < -0.4 is 5.32 Å². The van der Waals surface area contributed by atoms with Crippen LogP contribution in [0.5, 0.6) is 5.75 Å². The summed E-state index contributed by atoms with van der Waals surface area (Å²) in [5.41, 5.74) is 0.472. The number of benzene rings is 1. The molecule has 0 aliphatic rings. The van der Waals surface area contributed by atoms with E-state index < -0.39 is 0 Å². The molecule has 0 saturated carbocycles. The zero-order valence-corrected chi connectivity index (χ0v) is 11.9. The molecule has 0 heterocycles. The Morgan fingerprint density at radius 3 is 2.94 bits per heavy atom. The summed E-state index contributed by atoms with van der Waals surface area (Å²) in [6.45, 7) is 3.85. The van der Waals surface area contributed by atoms with E-state index in [0.29, 0.717) is 25.3 Å². The van der Waals surface area contributed by atoms with Crippen LogP contribution in [0.2, 0.25) is 0 Å². The molecule has 0 fully saturated rings. The molecule has 0 unspecified atom stereocenters. The van der Waals surface area contributed by atoms with Crippen LogP contribution in [0.3, 0.4) is 0 Å². The minimum Gasteiger partial charge on any atom is -0.507 e. The number of hydrogen-bond acceptors (Lipinski definition) is 3. The van der Waals surface area contributed by atoms with E-state index in [1.54, 1.807) is 12.1 Å². The lowest BCUT2D eigenvalue weighted by Gasteiger charge is -2.06. The van der Waals surface area contributed by atoms with Crippen molar-refractivity contribution in [3.05, 3.63) is 27.3 Å². The molecule has 0 aliphatic carbocycles. The molecule has 17 heavy (non-hydrogen) atoms. The molecule has 0 atom stereocenters. The first-order chi connectivity index (χ1) is 8.15. The molecule has 94 valence electrons. The molecule has 1 rings (SSSR count). The first kappa shape index (κ1) is 14.2. The molecular weight excluding hydrogens is 333 g/mol. The summed E-state index contributed by atoms with van der Waals surface area (Å²) < 4.78 is 5.90. The summed E-state index contributed by atoms with van der Waals surface area (Å²) >= 11 is 2.01. The smallest absolute Gasteiger partial charge is 0.251 e. The predicted molar refractivity (Wildman–Crippen MR) is 74.3 cm³/mol. The second-order valence-electron chi connectivity index (χ2n) is 3.47. The van der Waals surface area contributed by atoms with Crippen LogP contribution in [-0.4, -0.2) is 30.8 Å². The van der Waals surface area contributed by atoms with Crippen LogP contribution in [0.4, 0.5) is 0 Å². The normalized spacial score (nSPS) is 10.2. The Hall–Kier alpha value is -0.820. The van der Waals surface area contributed by atoms with Crippen molar-refractivity contribution in [3.63, 3.8) is 0 Å². The number of aromatic hydroxyl groups is 1. The van der Waals surface area contributed by atoms with Gasteiger partial charge >= 0.3 is 0 Å². The zero-order valence-electron chi connectivity index (χ0n) is 9.70. The van der Waals surface area contributed by atoms with Crippen molar-refractivity contribution in [2.45, 2.75) is 13.3 Å². The average molecular weight is 349 g/mol. The number of amides is 1. The van der Waals surface area contributed by atoms with Gasteiger partial charge in [-0.25, -0.2) is 0 Å². The SMILES string of the molecule is CCOCCCNC(=O)c1ccc(I)c(O)c1. The van der Waals surface area contributed by atoms with Crippen molar-refractivity contribution in [1.29, 1.82) is 0 Å². The van der Waals surface area contributed by atoms with Crippen LogP contribution in [-0.2, 0) is 4.74 Å². The molecule has 0 aromatic heterocycles. The Balaban J connectivity index is 2.39. The number of phenolic OH excluding ortho intramolecular Hbond substituents is 1. The van der Waals surface area contributed by atoms with Gasteiger partial charge in [-0.3, -0.25) is 4.79 Å². The van der Waals surface area contributed by atoms with E-state index in [0.717, 1.165) is 9.99 Å². The van der Waals surface area contributed by atoms with Crippen molar-refractivity contribution in [2.75, 3.05) is 19.8 Å². The molecule has 1 aromatic carbocycles. The maximum Gasteiger partial charge on any atom is 0.251 e. The first-order valence-corrected chi connectivity index (χ1v) is 6.57. The molecule has 0 bridgehead atoms. The highest BCUT2D eigenvalue weighted by Gasteiger charge is 2.07. The summed E-state index contributed by atoms with van der Waals surface area (Å²) in [6, 6.07) is 4.88. The van der Waals surface area contributed by atoms with Crippen LogP contribution in [0.25, 0.3) is 0 Å². The monoisotopic (exact) mass is 349 g/mol. The number of halogens is 1. The lowest BCUT2D eigenvalue weighted by molar-refractivity contribution is 0.0944. The maximum atomic E-state index is 11.7. The Morgan fingerprint density at radius 2 is 2.29 bits per heavy atom. The second-order valence-corrected chi connectivity index (χ2v) is 4.63. The van der Waals surface area contributed by atoms with Gasteiger partial charge in [0.05, 0.1) is 3.57 Å². The number of carbonyl (C=O) groups is 1. The molecule has 0 aliphatic heterocycles. The average Bonchev–Trinajstić information content (AvgIpc) is 2.32. The summed E-state index contributed by atoms with van der Waals surface area (Å²) in [7, 11) is 0. The Labute approximate surface area is 115 Å². The highest BCUT2D eigenvalue weighted by atomic mass is 127. The summed E-state index contributed by atoms with van der Waals surface area (Å²) in [6.07, 6.45) is 0.788. The fourth-order valence-electron chi connectivity index (χ4n) is 1.28. The third kappa shape index (κ3) is 4.91. The van der Waals surface area contributed by atoms with Crippen LogP contribution in [0.1, 0.15) is 23.7 Å². The molecular formula is C12H16INO3. The van der Waals surface area contributed by atoms with Gasteiger partial charge < -0.3 is 15.2 Å². The summed E-state index contributed by atoms with van der Waals surface area (Å²) in [5, 5.41) is 12.3. The third-order valence-corrected chi connectivity index (χ3v) is 3.08. The van der Waals surface area contributed by atoms with Gasteiger partial charge in [-0.05, 0) is 54.1 Å². The van der Waals surface area contributed by atoms with Gasteiger partial charge in [-0.1, -0.05) is 0 Å². The van der Waals surface area contributed by atoms with E-state index in [1.807, 2.05) is 29.5 Å². The molecule has 4 nitrogen and oxygen atoms in total. The van der Waals surface area contributed by atoms with Gasteiger partial charge in [0.15, 0.2) is 0 Å². The molecule has 0 saturated heterocycles. The van der Waals surface area contributed by atoms with Crippen molar-refractivity contribution in [3.8, 4) is 5.75 Å². The van der Waals surface area contributed by atoms with Crippen LogP contribution in [0.15, 0.2) is 18.2 Å². The Morgan fingerprint density at radius 1 is 1.53 bits per heavy atom. The topological polar surface area (TPSA) is 58.6 Å². The zero-order chi connectivity index (χ0) is 12.7. The minimum absolute atomic E-state index is 0.132. The van der Waals surface area contributed by atoms with E-state index >= 15 is 0 Å². The number of hydrogen-bond donors (Lipinski definition) is 2. The van der Waals surface area contributed by atoms with E-state index in [4.69, 9.17) is 4.74 Å². The van der Waals surface area contributed by atoms with Gasteiger partial charge in [0.1, 0.15) is 5.75 Å². The Bertz CT molecular complexity index is 382. The third-order valence-electron chi connectivity index (χ3n) is 2.16. The lowest BCUT2D eigenvalue weighted by atomic mass is 10.2.